The summed E-state index contributed by atoms with van der Waals surface area (Å²) in [6, 6.07) is 5.19. The molecule has 154 valence electrons. The first-order chi connectivity index (χ1) is 13.5. The smallest absolute Gasteiger partial charge is 0.327 e. The molecule has 0 radical (unpaired) electrons. The largest absolute Gasteiger partial charge is 0.478 e. The van der Waals surface area contributed by atoms with Crippen molar-refractivity contribution in [2.24, 2.45) is 23.7 Å². The molecule has 2 nitrogen and oxygen atoms in total. The Balaban J connectivity index is 1.35. The molecule has 4 heteroatoms. The predicted octanol–water partition coefficient (Wildman–Crippen LogP) is 7.06. The van der Waals surface area contributed by atoms with Crippen LogP contribution in [0.4, 0.5) is 4.39 Å². The average molecular weight is 407 g/mol. The second-order valence-electron chi connectivity index (χ2n) is 8.83. The van der Waals surface area contributed by atoms with Gasteiger partial charge in [-0.2, -0.15) is 0 Å². The highest BCUT2D eigenvalue weighted by Gasteiger charge is 2.30. The summed E-state index contributed by atoms with van der Waals surface area (Å²) in [7, 11) is 0. The van der Waals surface area contributed by atoms with E-state index in [4.69, 9.17) is 16.7 Å². The number of carboxylic acids is 1. The van der Waals surface area contributed by atoms with Gasteiger partial charge in [-0.1, -0.05) is 36.6 Å². The molecule has 0 spiro atoms. The van der Waals surface area contributed by atoms with Crippen molar-refractivity contribution in [3.8, 4) is 0 Å². The van der Waals surface area contributed by atoms with Crippen molar-refractivity contribution in [2.45, 2.75) is 70.6 Å². The minimum absolute atomic E-state index is 0.205. The van der Waals surface area contributed by atoms with Gasteiger partial charge in [0.2, 0.25) is 0 Å². The van der Waals surface area contributed by atoms with E-state index in [1.165, 1.54) is 57.4 Å². The third kappa shape index (κ3) is 6.34. The Hall–Kier alpha value is -1.35. The Kier molecular flexibility index (Phi) is 7.96. The van der Waals surface area contributed by atoms with Crippen LogP contribution in [0, 0.1) is 29.5 Å². The number of hydrogen-bond acceptors (Lipinski definition) is 1. The van der Waals surface area contributed by atoms with Crippen LogP contribution in [0.15, 0.2) is 30.4 Å². The minimum Gasteiger partial charge on any atom is -0.478 e. The number of aryl methyl sites for hydroxylation is 1. The van der Waals surface area contributed by atoms with Crippen LogP contribution in [0.3, 0.4) is 0 Å². The molecule has 2 aliphatic rings. The first-order valence-electron chi connectivity index (χ1n) is 10.8. The molecular formula is C24H32ClFO2. The molecule has 1 N–H and O–H groups in total. The van der Waals surface area contributed by atoms with Gasteiger partial charge in [-0.15, -0.1) is 0 Å². The minimum atomic E-state index is -0.841. The molecule has 2 aliphatic carbocycles. The average Bonchev–Trinajstić information content (AvgIpc) is 2.70. The lowest BCUT2D eigenvalue weighted by molar-refractivity contribution is -0.131. The van der Waals surface area contributed by atoms with Crippen LogP contribution in [0.2, 0.25) is 5.02 Å². The van der Waals surface area contributed by atoms with Crippen molar-refractivity contribution < 1.29 is 14.3 Å². The molecule has 1 aromatic rings. The Labute approximate surface area is 173 Å². The number of carboxylic acid groups (broad SMARTS) is 1. The van der Waals surface area contributed by atoms with E-state index in [1.807, 2.05) is 12.1 Å². The molecule has 0 heterocycles. The zero-order valence-electron chi connectivity index (χ0n) is 16.6. The van der Waals surface area contributed by atoms with E-state index in [-0.39, 0.29) is 10.8 Å². The number of rotatable bonds is 7. The first-order valence-corrected chi connectivity index (χ1v) is 11.2. The fourth-order valence-corrected chi connectivity index (χ4v) is 5.39. The molecule has 2 saturated carbocycles. The molecule has 2 fully saturated rings. The van der Waals surface area contributed by atoms with Crippen molar-refractivity contribution in [1.29, 1.82) is 0 Å². The lowest BCUT2D eigenvalue weighted by Gasteiger charge is -2.37. The maximum atomic E-state index is 13.6. The quantitative estimate of drug-likeness (QED) is 0.492. The Morgan fingerprint density at radius 2 is 1.64 bits per heavy atom. The van der Waals surface area contributed by atoms with Gasteiger partial charge in [-0.25, -0.2) is 9.18 Å². The summed E-state index contributed by atoms with van der Waals surface area (Å²) in [5, 5.41) is 8.90. The van der Waals surface area contributed by atoms with E-state index in [0.717, 1.165) is 42.6 Å². The van der Waals surface area contributed by atoms with Crippen molar-refractivity contribution in [1.82, 2.24) is 0 Å². The molecule has 3 rings (SSSR count). The number of hydrogen-bond donors (Lipinski definition) is 1. The van der Waals surface area contributed by atoms with Gasteiger partial charge in [-0.3, -0.25) is 0 Å². The van der Waals surface area contributed by atoms with Crippen LogP contribution < -0.4 is 0 Å². The van der Waals surface area contributed by atoms with Crippen LogP contribution >= 0.6 is 11.6 Å². The SMILES string of the molecule is O=C(O)C=CCC1CCC(C2CCC(CCc3ccc(Cl)c(F)c3)CC2)CC1. The summed E-state index contributed by atoms with van der Waals surface area (Å²) in [6.07, 6.45) is 16.5. The van der Waals surface area contributed by atoms with Crippen molar-refractivity contribution in [3.05, 3.63) is 46.8 Å². The van der Waals surface area contributed by atoms with Crippen molar-refractivity contribution in [3.63, 3.8) is 0 Å². The van der Waals surface area contributed by atoms with Crippen LogP contribution in [0.1, 0.15) is 69.8 Å². The molecule has 1 aromatic carbocycles. The molecule has 0 bridgehead atoms. The van der Waals surface area contributed by atoms with Gasteiger partial charge < -0.3 is 5.11 Å². The zero-order chi connectivity index (χ0) is 19.9. The maximum Gasteiger partial charge on any atom is 0.327 e. The summed E-state index contributed by atoms with van der Waals surface area (Å²) >= 11 is 5.76. The van der Waals surface area contributed by atoms with Crippen LogP contribution in [-0.4, -0.2) is 11.1 Å². The third-order valence-electron chi connectivity index (χ3n) is 7.00. The van der Waals surface area contributed by atoms with Gasteiger partial charge in [0.25, 0.3) is 0 Å². The number of halogens is 2. The van der Waals surface area contributed by atoms with E-state index < -0.39 is 5.97 Å². The number of carbonyl (C=O) groups is 1. The highest BCUT2D eigenvalue weighted by molar-refractivity contribution is 6.30. The van der Waals surface area contributed by atoms with Gasteiger partial charge in [0.15, 0.2) is 0 Å². The maximum absolute atomic E-state index is 13.6. The van der Waals surface area contributed by atoms with Gasteiger partial charge in [0.1, 0.15) is 5.82 Å². The first kappa shape index (κ1) is 21.4. The summed E-state index contributed by atoms with van der Waals surface area (Å²) in [5.74, 6) is 2.03. The van der Waals surface area contributed by atoms with E-state index in [9.17, 15) is 9.18 Å². The van der Waals surface area contributed by atoms with E-state index in [2.05, 4.69) is 0 Å². The molecular weight excluding hydrogens is 375 g/mol. The van der Waals surface area contributed by atoms with E-state index in [0.29, 0.717) is 5.92 Å². The standard InChI is InChI=1S/C24H32ClFO2/c25-22-15-10-19(16-23(22)26)5-4-18-8-13-21(14-9-18)20-11-6-17(7-12-20)2-1-3-24(27)28/h1,3,10,15-18,20-21H,2,4-9,11-14H2,(H,27,28). The summed E-state index contributed by atoms with van der Waals surface area (Å²) in [4.78, 5) is 10.6. The lowest BCUT2D eigenvalue weighted by Crippen LogP contribution is -2.26. The highest BCUT2D eigenvalue weighted by atomic mass is 35.5. The molecule has 0 saturated heterocycles. The van der Waals surface area contributed by atoms with Gasteiger partial charge in [0.05, 0.1) is 5.02 Å². The van der Waals surface area contributed by atoms with E-state index >= 15 is 0 Å². The van der Waals surface area contributed by atoms with Crippen molar-refractivity contribution in [2.75, 3.05) is 0 Å². The number of benzene rings is 1. The van der Waals surface area contributed by atoms with Crippen molar-refractivity contribution >= 4 is 17.6 Å². The monoisotopic (exact) mass is 406 g/mol. The van der Waals surface area contributed by atoms with E-state index in [1.54, 1.807) is 12.1 Å². The Bertz CT molecular complexity index is 671. The summed E-state index contributed by atoms with van der Waals surface area (Å²) in [5.41, 5.74) is 1.05. The third-order valence-corrected chi connectivity index (χ3v) is 7.31. The lowest BCUT2D eigenvalue weighted by atomic mass is 9.68. The highest BCUT2D eigenvalue weighted by Crippen LogP contribution is 2.42. The Morgan fingerprint density at radius 3 is 2.21 bits per heavy atom. The number of aliphatic carboxylic acids is 1. The van der Waals surface area contributed by atoms with Gasteiger partial charge in [0, 0.05) is 6.08 Å². The topological polar surface area (TPSA) is 37.3 Å². The fraction of sp³-hybridized carbons (Fsp3) is 0.625. The Morgan fingerprint density at radius 1 is 1.04 bits per heavy atom. The molecule has 0 atom stereocenters. The molecule has 0 amide bonds. The van der Waals surface area contributed by atoms with Crippen LogP contribution in [0.25, 0.3) is 0 Å². The summed E-state index contributed by atoms with van der Waals surface area (Å²) in [6.45, 7) is 0. The van der Waals surface area contributed by atoms with Gasteiger partial charge >= 0.3 is 5.97 Å². The van der Waals surface area contributed by atoms with Crippen LogP contribution in [0.5, 0.6) is 0 Å². The fourth-order valence-electron chi connectivity index (χ4n) is 5.27. The molecule has 0 aromatic heterocycles. The molecule has 0 unspecified atom stereocenters. The second kappa shape index (κ2) is 10.4. The molecule has 0 aliphatic heterocycles. The number of allylic oxidation sites excluding steroid dienone is 1. The van der Waals surface area contributed by atoms with Gasteiger partial charge in [-0.05, 0) is 99.2 Å². The normalized spacial score (nSPS) is 28.5. The second-order valence-corrected chi connectivity index (χ2v) is 9.23. The van der Waals surface area contributed by atoms with Crippen LogP contribution in [-0.2, 0) is 11.2 Å². The zero-order valence-corrected chi connectivity index (χ0v) is 17.3. The summed E-state index contributed by atoms with van der Waals surface area (Å²) < 4.78 is 13.6. The molecule has 28 heavy (non-hydrogen) atoms. The predicted molar refractivity (Wildman–Crippen MR) is 112 cm³/mol.